The molecule has 2 aliphatic heterocycles. The molecule has 1 aromatic carbocycles. The van der Waals surface area contributed by atoms with Crippen LogP contribution in [0.4, 0.5) is 4.79 Å². The monoisotopic (exact) mass is 424 g/mol. The number of imide groups is 1. The number of likely N-dealkylation sites (N-methyl/N-ethyl adjacent to an activating group) is 1. The van der Waals surface area contributed by atoms with Crippen LogP contribution in [0.3, 0.4) is 0 Å². The molecule has 2 aliphatic rings. The average molecular weight is 425 g/mol. The third-order valence-electron chi connectivity index (χ3n) is 6.33. The van der Waals surface area contributed by atoms with Gasteiger partial charge in [0, 0.05) is 26.2 Å². The molecule has 4 amide bonds. The van der Waals surface area contributed by atoms with Crippen LogP contribution >= 0.6 is 0 Å². The van der Waals surface area contributed by atoms with Gasteiger partial charge in [-0.1, -0.05) is 36.3 Å². The number of nitrogens with one attached hydrogen (secondary N) is 1. The normalized spacial score (nSPS) is 21.8. The Bertz CT molecular complexity index is 866. The largest absolute Gasteiger partial charge is 0.332 e. The number of piperidine rings is 1. The topological polar surface area (TPSA) is 73.0 Å². The van der Waals surface area contributed by atoms with Gasteiger partial charge in [-0.15, -0.1) is 0 Å². The number of carbonyl (C=O) groups excluding carboxylic acids is 3. The molecule has 0 bridgehead atoms. The maximum absolute atomic E-state index is 13.6. The number of likely N-dealkylation sites (tertiary alicyclic amines) is 1. The van der Waals surface area contributed by atoms with Crippen LogP contribution < -0.4 is 5.32 Å². The van der Waals surface area contributed by atoms with Crippen molar-refractivity contribution < 1.29 is 14.4 Å². The first-order valence-electron chi connectivity index (χ1n) is 10.9. The molecular weight excluding hydrogens is 392 g/mol. The summed E-state index contributed by atoms with van der Waals surface area (Å²) in [7, 11) is 3.85. The first-order chi connectivity index (χ1) is 14.9. The van der Waals surface area contributed by atoms with Gasteiger partial charge in [0.05, 0.1) is 0 Å². The van der Waals surface area contributed by atoms with Gasteiger partial charge in [-0.3, -0.25) is 14.5 Å². The first kappa shape index (κ1) is 22.8. The van der Waals surface area contributed by atoms with Crippen LogP contribution in [-0.4, -0.2) is 78.4 Å². The second-order valence-corrected chi connectivity index (χ2v) is 8.59. The van der Waals surface area contributed by atoms with Crippen LogP contribution in [-0.2, 0) is 16.0 Å². The summed E-state index contributed by atoms with van der Waals surface area (Å²) in [6.07, 6.45) is 2.58. The number of hydrogen-bond donors (Lipinski definition) is 1. The van der Waals surface area contributed by atoms with E-state index in [0.29, 0.717) is 51.9 Å². The highest BCUT2D eigenvalue weighted by Crippen LogP contribution is 2.37. The standard InChI is InChI=1S/C24H32N4O3/c1-4-8-21(29)27-15-12-20(13-16-27)24(14-11-19-9-6-5-7-10-19)22(30)28(23(31)25-24)18-17-26(2)3/h5-7,9-10,20H,11-18H2,1-3H3,(H,25,31)/t24-/m1/s1. The maximum atomic E-state index is 13.6. The molecule has 3 rings (SSSR count). The third kappa shape index (κ3) is 5.08. The lowest BCUT2D eigenvalue weighted by molar-refractivity contribution is -0.135. The minimum absolute atomic E-state index is 0.0179. The summed E-state index contributed by atoms with van der Waals surface area (Å²) in [6, 6.07) is 9.72. The Morgan fingerprint density at radius 2 is 1.87 bits per heavy atom. The predicted octanol–water partition coefficient (Wildman–Crippen LogP) is 1.73. The van der Waals surface area contributed by atoms with E-state index in [1.165, 1.54) is 4.90 Å². The summed E-state index contributed by atoms with van der Waals surface area (Å²) in [5.74, 6) is 4.93. The summed E-state index contributed by atoms with van der Waals surface area (Å²) in [5, 5.41) is 3.09. The number of aryl methyl sites for hydroxylation is 1. The van der Waals surface area contributed by atoms with Crippen LogP contribution in [0.2, 0.25) is 0 Å². The fourth-order valence-corrected chi connectivity index (χ4v) is 4.55. The van der Waals surface area contributed by atoms with Gasteiger partial charge in [0.1, 0.15) is 5.54 Å². The molecule has 2 heterocycles. The van der Waals surface area contributed by atoms with Gasteiger partial charge in [-0.2, -0.15) is 0 Å². The number of urea groups is 1. The number of rotatable bonds is 7. The lowest BCUT2D eigenvalue weighted by atomic mass is 9.74. The zero-order chi connectivity index (χ0) is 22.4. The molecule has 31 heavy (non-hydrogen) atoms. The quantitative estimate of drug-likeness (QED) is 0.535. The van der Waals surface area contributed by atoms with Gasteiger partial charge in [-0.25, -0.2) is 4.79 Å². The van der Waals surface area contributed by atoms with E-state index < -0.39 is 5.54 Å². The van der Waals surface area contributed by atoms with Crippen LogP contribution in [0, 0.1) is 17.8 Å². The fourth-order valence-electron chi connectivity index (χ4n) is 4.55. The zero-order valence-electron chi connectivity index (χ0n) is 18.7. The molecule has 2 fully saturated rings. The highest BCUT2D eigenvalue weighted by atomic mass is 16.2. The lowest BCUT2D eigenvalue weighted by Gasteiger charge is -2.40. The molecule has 0 spiro atoms. The van der Waals surface area contributed by atoms with E-state index in [1.807, 2.05) is 49.3 Å². The van der Waals surface area contributed by atoms with E-state index in [0.717, 1.165) is 5.56 Å². The summed E-state index contributed by atoms with van der Waals surface area (Å²) in [6.45, 7) is 3.74. The summed E-state index contributed by atoms with van der Waals surface area (Å²) < 4.78 is 0. The molecule has 1 N–H and O–H groups in total. The molecule has 7 heteroatoms. The van der Waals surface area contributed by atoms with Crippen molar-refractivity contribution in [2.75, 3.05) is 40.3 Å². The molecule has 7 nitrogen and oxygen atoms in total. The van der Waals surface area contributed by atoms with E-state index in [-0.39, 0.29) is 23.8 Å². The van der Waals surface area contributed by atoms with Crippen molar-refractivity contribution in [2.45, 2.75) is 38.1 Å². The van der Waals surface area contributed by atoms with Gasteiger partial charge in [0.25, 0.3) is 11.8 Å². The van der Waals surface area contributed by atoms with E-state index in [9.17, 15) is 14.4 Å². The number of nitrogens with zero attached hydrogens (tertiary/aromatic N) is 3. The van der Waals surface area contributed by atoms with Crippen molar-refractivity contribution in [3.63, 3.8) is 0 Å². The molecule has 0 saturated carbocycles. The van der Waals surface area contributed by atoms with Crippen LogP contribution in [0.5, 0.6) is 0 Å². The molecule has 1 aromatic rings. The molecule has 2 saturated heterocycles. The Balaban J connectivity index is 1.80. The van der Waals surface area contributed by atoms with Gasteiger partial charge in [0.2, 0.25) is 0 Å². The number of amides is 4. The van der Waals surface area contributed by atoms with E-state index in [2.05, 4.69) is 17.2 Å². The predicted molar refractivity (Wildman–Crippen MR) is 119 cm³/mol. The minimum Gasteiger partial charge on any atom is -0.332 e. The minimum atomic E-state index is -0.926. The zero-order valence-corrected chi connectivity index (χ0v) is 18.7. The van der Waals surface area contributed by atoms with Crippen LogP contribution in [0.1, 0.15) is 31.7 Å². The number of carbonyl (C=O) groups is 3. The maximum Gasteiger partial charge on any atom is 0.325 e. The number of benzene rings is 1. The highest BCUT2D eigenvalue weighted by Gasteiger charge is 2.55. The third-order valence-corrected chi connectivity index (χ3v) is 6.33. The Kier molecular flexibility index (Phi) is 7.34. The van der Waals surface area contributed by atoms with Gasteiger partial charge in [0.15, 0.2) is 0 Å². The summed E-state index contributed by atoms with van der Waals surface area (Å²) in [5.41, 5.74) is 0.214. The fraction of sp³-hybridized carbons (Fsp3) is 0.542. The second-order valence-electron chi connectivity index (χ2n) is 8.59. The van der Waals surface area contributed by atoms with E-state index in [1.54, 1.807) is 11.8 Å². The van der Waals surface area contributed by atoms with E-state index >= 15 is 0 Å². The van der Waals surface area contributed by atoms with Crippen molar-refractivity contribution in [1.29, 1.82) is 0 Å². The highest BCUT2D eigenvalue weighted by molar-refractivity contribution is 6.07. The SMILES string of the molecule is CC#CC(=O)N1CCC([C@@]2(CCc3ccccc3)NC(=O)N(CCN(C)C)C2=O)CC1. The molecule has 0 unspecified atom stereocenters. The summed E-state index contributed by atoms with van der Waals surface area (Å²) in [4.78, 5) is 43.6. The lowest BCUT2D eigenvalue weighted by Crippen LogP contribution is -2.57. The van der Waals surface area contributed by atoms with Crippen molar-refractivity contribution >= 4 is 17.8 Å². The van der Waals surface area contributed by atoms with Gasteiger partial charge >= 0.3 is 6.03 Å². The Morgan fingerprint density at radius 3 is 2.48 bits per heavy atom. The van der Waals surface area contributed by atoms with E-state index in [4.69, 9.17) is 0 Å². The Labute approximate surface area is 184 Å². The van der Waals surface area contributed by atoms with Gasteiger partial charge in [-0.05, 0) is 64.1 Å². The van der Waals surface area contributed by atoms with Crippen molar-refractivity contribution in [3.8, 4) is 11.8 Å². The summed E-state index contributed by atoms with van der Waals surface area (Å²) >= 11 is 0. The van der Waals surface area contributed by atoms with Crippen LogP contribution in [0.25, 0.3) is 0 Å². The molecular formula is C24H32N4O3. The van der Waals surface area contributed by atoms with Gasteiger partial charge < -0.3 is 15.1 Å². The van der Waals surface area contributed by atoms with Crippen molar-refractivity contribution in [1.82, 2.24) is 20.0 Å². The second kappa shape index (κ2) is 9.97. The number of hydrogen-bond acceptors (Lipinski definition) is 4. The smallest absolute Gasteiger partial charge is 0.325 e. The van der Waals surface area contributed by atoms with Crippen molar-refractivity contribution in [3.05, 3.63) is 35.9 Å². The molecule has 0 aromatic heterocycles. The Hall–Kier alpha value is -2.85. The average Bonchev–Trinajstić information content (AvgIpc) is 3.01. The van der Waals surface area contributed by atoms with Crippen molar-refractivity contribution in [2.24, 2.45) is 5.92 Å². The van der Waals surface area contributed by atoms with Crippen LogP contribution in [0.15, 0.2) is 30.3 Å². The molecule has 166 valence electrons. The first-order valence-corrected chi connectivity index (χ1v) is 10.9. The Morgan fingerprint density at radius 1 is 1.19 bits per heavy atom. The molecule has 0 radical (unpaired) electrons. The molecule has 0 aliphatic carbocycles. The molecule has 1 atom stereocenters.